The number of benzene rings is 2. The second kappa shape index (κ2) is 6.91. The van der Waals surface area contributed by atoms with E-state index in [4.69, 9.17) is 27.9 Å². The molecule has 3 nitrogen and oxygen atoms in total. The summed E-state index contributed by atoms with van der Waals surface area (Å²) in [6.07, 6.45) is -10.5. The van der Waals surface area contributed by atoms with Crippen molar-refractivity contribution in [1.29, 1.82) is 0 Å². The third kappa shape index (κ3) is 4.06. The number of H-pyrrole nitrogens is 1. The summed E-state index contributed by atoms with van der Waals surface area (Å²) in [5.74, 6) is -7.41. The number of aromatic nitrogens is 2. The summed E-state index contributed by atoms with van der Waals surface area (Å²) in [4.78, 5) is 5.05. The first kappa shape index (κ1) is 21.4. The Kier molecular flexibility index (Phi) is 5.11. The first-order chi connectivity index (χ1) is 13.2. The molecule has 1 aromatic heterocycles. The van der Waals surface area contributed by atoms with Crippen molar-refractivity contribution in [2.75, 3.05) is 0 Å². The molecular weight excluding hydrogens is 459 g/mol. The highest BCUT2D eigenvalue weighted by Crippen LogP contribution is 2.44. The lowest BCUT2D eigenvalue weighted by atomic mass is 10.2. The smallest absolute Gasteiger partial charge is 0.454 e. The van der Waals surface area contributed by atoms with Crippen LogP contribution in [0.2, 0.25) is 10.0 Å². The molecule has 0 bridgehead atoms. The molecule has 3 rings (SSSR count). The van der Waals surface area contributed by atoms with Crippen molar-refractivity contribution in [2.24, 2.45) is 0 Å². The van der Waals surface area contributed by atoms with E-state index < -0.39 is 34.7 Å². The van der Waals surface area contributed by atoms with E-state index in [-0.39, 0.29) is 27.6 Å². The molecule has 0 amide bonds. The molecule has 0 saturated carbocycles. The van der Waals surface area contributed by atoms with Crippen LogP contribution in [-0.4, -0.2) is 16.1 Å². The molecule has 156 valence electrons. The highest BCUT2D eigenvalue weighted by molar-refractivity contribution is 6.33. The zero-order valence-electron chi connectivity index (χ0n) is 13.5. The monoisotopic (exact) mass is 464 g/mol. The van der Waals surface area contributed by atoms with E-state index in [1.54, 1.807) is 0 Å². The van der Waals surface area contributed by atoms with Gasteiger partial charge in [-0.25, -0.2) is 4.98 Å². The van der Waals surface area contributed by atoms with Crippen LogP contribution in [0.1, 0.15) is 11.4 Å². The summed E-state index contributed by atoms with van der Waals surface area (Å²) in [5.41, 5.74) is -1.62. The number of fused-ring (bicyclic) bond motifs is 1. The number of nitrogens with zero attached hydrogens (tertiary/aromatic N) is 1. The summed E-state index contributed by atoms with van der Waals surface area (Å²) in [7, 11) is 0. The van der Waals surface area contributed by atoms with E-state index in [1.165, 1.54) is 0 Å². The van der Waals surface area contributed by atoms with Crippen LogP contribution in [0.25, 0.3) is 11.0 Å². The molecule has 0 atom stereocenters. The maximum Gasteiger partial charge on any atom is 0.461 e. The Morgan fingerprint density at radius 1 is 0.828 bits per heavy atom. The average molecular weight is 465 g/mol. The number of rotatable bonds is 3. The summed E-state index contributed by atoms with van der Waals surface area (Å²) in [6.45, 7) is 0. The molecule has 29 heavy (non-hydrogen) atoms. The average Bonchev–Trinajstić information content (AvgIpc) is 2.98. The van der Waals surface area contributed by atoms with Crippen LogP contribution in [0.5, 0.6) is 11.5 Å². The predicted octanol–water partition coefficient (Wildman–Crippen LogP) is 7.33. The first-order valence-corrected chi connectivity index (χ1v) is 8.14. The van der Waals surface area contributed by atoms with Gasteiger partial charge in [-0.3, -0.25) is 0 Å². The molecule has 1 heterocycles. The Balaban J connectivity index is 1.98. The third-order valence-electron chi connectivity index (χ3n) is 3.67. The zero-order valence-corrected chi connectivity index (χ0v) is 15.0. The van der Waals surface area contributed by atoms with Crippen molar-refractivity contribution in [3.63, 3.8) is 0 Å². The molecule has 0 spiro atoms. The van der Waals surface area contributed by atoms with Crippen molar-refractivity contribution in [1.82, 2.24) is 9.97 Å². The largest absolute Gasteiger partial charge is 0.461 e. The SMILES string of the molecule is FC(F)(F)c1ccc(Oc2cc3nc(C(F)(F)C(F)(F)F)[nH]c3cc2Cl)c(Cl)c1. The fraction of sp³-hybridized carbons (Fsp3) is 0.188. The minimum absolute atomic E-state index is 0.236. The van der Waals surface area contributed by atoms with Gasteiger partial charge in [0.1, 0.15) is 11.5 Å². The summed E-state index contributed by atoms with van der Waals surface area (Å²) in [6, 6.07) is 4.11. The fourth-order valence-electron chi connectivity index (χ4n) is 2.25. The molecule has 0 aliphatic rings. The lowest BCUT2D eigenvalue weighted by Crippen LogP contribution is -2.34. The van der Waals surface area contributed by atoms with E-state index in [1.807, 2.05) is 4.98 Å². The first-order valence-electron chi connectivity index (χ1n) is 7.39. The Labute approximate surface area is 166 Å². The van der Waals surface area contributed by atoms with Crippen molar-refractivity contribution < 1.29 is 39.9 Å². The predicted molar refractivity (Wildman–Crippen MR) is 87.6 cm³/mol. The lowest BCUT2D eigenvalue weighted by Gasteiger charge is -2.16. The molecule has 0 unspecified atom stereocenters. The molecule has 0 aliphatic heterocycles. The molecule has 0 aliphatic carbocycles. The highest BCUT2D eigenvalue weighted by Gasteiger charge is 2.61. The Bertz CT molecular complexity index is 1080. The van der Waals surface area contributed by atoms with E-state index in [2.05, 4.69) is 4.98 Å². The van der Waals surface area contributed by atoms with Gasteiger partial charge in [-0.1, -0.05) is 23.2 Å². The summed E-state index contributed by atoms with van der Waals surface area (Å²) in [5, 5.41) is -0.665. The number of alkyl halides is 8. The number of nitrogens with one attached hydrogen (secondary N) is 1. The fourth-order valence-corrected chi connectivity index (χ4v) is 2.67. The lowest BCUT2D eigenvalue weighted by molar-refractivity contribution is -0.292. The highest BCUT2D eigenvalue weighted by atomic mass is 35.5. The molecule has 13 heteroatoms. The Morgan fingerprint density at radius 2 is 1.45 bits per heavy atom. The maximum atomic E-state index is 13.4. The van der Waals surface area contributed by atoms with Crippen molar-refractivity contribution in [3.8, 4) is 11.5 Å². The van der Waals surface area contributed by atoms with E-state index >= 15 is 0 Å². The minimum Gasteiger partial charge on any atom is -0.454 e. The van der Waals surface area contributed by atoms with Gasteiger partial charge in [0.05, 0.1) is 26.6 Å². The van der Waals surface area contributed by atoms with Gasteiger partial charge in [-0.15, -0.1) is 0 Å². The van der Waals surface area contributed by atoms with Crippen molar-refractivity contribution >= 4 is 34.2 Å². The van der Waals surface area contributed by atoms with Gasteiger partial charge < -0.3 is 9.72 Å². The van der Waals surface area contributed by atoms with E-state index in [0.717, 1.165) is 18.2 Å². The molecule has 0 fully saturated rings. The van der Waals surface area contributed by atoms with Crippen LogP contribution in [0.3, 0.4) is 0 Å². The summed E-state index contributed by atoms with van der Waals surface area (Å²) >= 11 is 11.7. The van der Waals surface area contributed by atoms with Gasteiger partial charge in [0.25, 0.3) is 0 Å². The normalized spacial score (nSPS) is 13.2. The Morgan fingerprint density at radius 3 is 2.00 bits per heavy atom. The van der Waals surface area contributed by atoms with Crippen LogP contribution < -0.4 is 4.74 Å². The standard InChI is InChI=1S/C16H6Cl2F8N2O/c17-7-3-6(15(21,22)23)1-2-11(7)29-12-5-10-9(4-8(12)18)27-13(28-10)14(19,20)16(24,25)26/h1-5H,(H,27,28). The van der Waals surface area contributed by atoms with Crippen LogP contribution in [-0.2, 0) is 12.1 Å². The van der Waals surface area contributed by atoms with Gasteiger partial charge in [-0.2, -0.15) is 35.1 Å². The number of hydrogen-bond acceptors (Lipinski definition) is 2. The van der Waals surface area contributed by atoms with Gasteiger partial charge in [-0.05, 0) is 24.3 Å². The summed E-state index contributed by atoms with van der Waals surface area (Å²) < 4.78 is 108. The van der Waals surface area contributed by atoms with Crippen LogP contribution in [0.15, 0.2) is 30.3 Å². The van der Waals surface area contributed by atoms with Crippen LogP contribution in [0.4, 0.5) is 35.1 Å². The zero-order chi connectivity index (χ0) is 21.8. The van der Waals surface area contributed by atoms with E-state index in [9.17, 15) is 35.1 Å². The van der Waals surface area contributed by atoms with Crippen LogP contribution in [0, 0.1) is 0 Å². The van der Waals surface area contributed by atoms with Crippen molar-refractivity contribution in [3.05, 3.63) is 51.8 Å². The molecule has 2 aromatic carbocycles. The number of imidazole rings is 1. The second-order valence-corrected chi connectivity index (χ2v) is 6.52. The maximum absolute atomic E-state index is 13.4. The van der Waals surface area contributed by atoms with Crippen LogP contribution >= 0.6 is 23.2 Å². The van der Waals surface area contributed by atoms with Gasteiger partial charge in [0.2, 0.25) is 0 Å². The minimum atomic E-state index is -5.88. The van der Waals surface area contributed by atoms with E-state index in [0.29, 0.717) is 12.1 Å². The molecule has 3 aromatic rings. The second-order valence-electron chi connectivity index (χ2n) is 5.70. The van der Waals surface area contributed by atoms with Gasteiger partial charge in [0.15, 0.2) is 5.82 Å². The third-order valence-corrected chi connectivity index (χ3v) is 4.26. The number of hydrogen-bond donors (Lipinski definition) is 1. The van der Waals surface area contributed by atoms with Gasteiger partial charge >= 0.3 is 18.3 Å². The molecular formula is C16H6Cl2F8N2O. The topological polar surface area (TPSA) is 37.9 Å². The quantitative estimate of drug-likeness (QED) is 0.412. The number of ether oxygens (including phenoxy) is 1. The molecule has 0 radical (unpaired) electrons. The Hall–Kier alpha value is -2.27. The van der Waals surface area contributed by atoms with Gasteiger partial charge in [0, 0.05) is 6.07 Å². The molecule has 1 N–H and O–H groups in total. The number of aromatic amines is 1. The number of halogens is 10. The van der Waals surface area contributed by atoms with Crippen molar-refractivity contribution in [2.45, 2.75) is 18.3 Å². The molecule has 0 saturated heterocycles.